The SMILES string of the molecule is N#Cc1ccc(OCCNc2nc3ccccc3c(=O)[nH]2)cc1. The molecule has 2 aromatic carbocycles. The molecular formula is C17H14N4O2. The van der Waals surface area contributed by atoms with Crippen molar-refractivity contribution in [2.24, 2.45) is 0 Å². The Kier molecular flexibility index (Phi) is 4.20. The van der Waals surface area contributed by atoms with Crippen LogP contribution in [0.15, 0.2) is 53.3 Å². The summed E-state index contributed by atoms with van der Waals surface area (Å²) < 4.78 is 5.55. The molecule has 0 saturated heterocycles. The lowest BCUT2D eigenvalue weighted by molar-refractivity contribution is 0.332. The number of nitriles is 1. The molecule has 6 heteroatoms. The van der Waals surface area contributed by atoms with E-state index < -0.39 is 0 Å². The summed E-state index contributed by atoms with van der Waals surface area (Å²) in [6.45, 7) is 0.893. The van der Waals surface area contributed by atoms with E-state index in [2.05, 4.69) is 21.4 Å². The van der Waals surface area contributed by atoms with E-state index >= 15 is 0 Å². The predicted octanol–water partition coefficient (Wildman–Crippen LogP) is 2.29. The third kappa shape index (κ3) is 3.47. The van der Waals surface area contributed by atoms with Crippen LogP contribution in [0.4, 0.5) is 5.95 Å². The van der Waals surface area contributed by atoms with E-state index in [9.17, 15) is 4.79 Å². The first-order valence-corrected chi connectivity index (χ1v) is 7.12. The van der Waals surface area contributed by atoms with Crippen molar-refractivity contribution in [3.05, 3.63) is 64.4 Å². The number of rotatable bonds is 5. The van der Waals surface area contributed by atoms with Crippen molar-refractivity contribution >= 4 is 16.9 Å². The van der Waals surface area contributed by atoms with Crippen molar-refractivity contribution < 1.29 is 4.74 Å². The summed E-state index contributed by atoms with van der Waals surface area (Å²) >= 11 is 0. The highest BCUT2D eigenvalue weighted by molar-refractivity contribution is 5.78. The summed E-state index contributed by atoms with van der Waals surface area (Å²) in [5.41, 5.74) is 1.06. The minimum absolute atomic E-state index is 0.175. The molecule has 0 fully saturated rings. The van der Waals surface area contributed by atoms with Gasteiger partial charge in [-0.2, -0.15) is 5.26 Å². The van der Waals surface area contributed by atoms with Gasteiger partial charge in [0.2, 0.25) is 5.95 Å². The molecule has 0 radical (unpaired) electrons. The zero-order valence-electron chi connectivity index (χ0n) is 12.2. The molecule has 114 valence electrons. The molecule has 0 saturated carbocycles. The lowest BCUT2D eigenvalue weighted by atomic mass is 10.2. The first kappa shape index (κ1) is 14.6. The van der Waals surface area contributed by atoms with E-state index in [1.165, 1.54) is 0 Å². The lowest BCUT2D eigenvalue weighted by Crippen LogP contribution is -2.17. The first-order chi connectivity index (χ1) is 11.3. The van der Waals surface area contributed by atoms with Crippen molar-refractivity contribution in [3.8, 4) is 11.8 Å². The Morgan fingerprint density at radius 3 is 2.74 bits per heavy atom. The lowest BCUT2D eigenvalue weighted by Gasteiger charge is -2.08. The normalized spacial score (nSPS) is 10.2. The fraction of sp³-hybridized carbons (Fsp3) is 0.118. The minimum Gasteiger partial charge on any atom is -0.492 e. The first-order valence-electron chi connectivity index (χ1n) is 7.12. The number of anilines is 1. The molecule has 0 spiro atoms. The number of aromatic nitrogens is 2. The van der Waals surface area contributed by atoms with E-state index in [1.807, 2.05) is 6.07 Å². The van der Waals surface area contributed by atoms with E-state index in [1.54, 1.807) is 42.5 Å². The highest BCUT2D eigenvalue weighted by atomic mass is 16.5. The molecule has 3 rings (SSSR count). The minimum atomic E-state index is -0.175. The van der Waals surface area contributed by atoms with E-state index in [-0.39, 0.29) is 5.56 Å². The van der Waals surface area contributed by atoms with Crippen molar-refractivity contribution in [3.63, 3.8) is 0 Å². The third-order valence-corrected chi connectivity index (χ3v) is 3.26. The number of ether oxygens (including phenoxy) is 1. The number of hydrogen-bond donors (Lipinski definition) is 2. The van der Waals surface area contributed by atoms with Gasteiger partial charge in [0.25, 0.3) is 5.56 Å². The van der Waals surface area contributed by atoms with Gasteiger partial charge in [-0.1, -0.05) is 12.1 Å². The Morgan fingerprint density at radius 2 is 1.96 bits per heavy atom. The number of benzene rings is 2. The third-order valence-electron chi connectivity index (χ3n) is 3.26. The van der Waals surface area contributed by atoms with Gasteiger partial charge >= 0.3 is 0 Å². The standard InChI is InChI=1S/C17H14N4O2/c18-11-12-5-7-13(8-6-12)23-10-9-19-17-20-15-4-2-1-3-14(15)16(22)21-17/h1-8H,9-10H2,(H2,19,20,21,22). The Bertz CT molecular complexity index is 910. The van der Waals surface area contributed by atoms with Crippen molar-refractivity contribution in [1.29, 1.82) is 5.26 Å². The van der Waals surface area contributed by atoms with Gasteiger partial charge in [-0.05, 0) is 36.4 Å². The van der Waals surface area contributed by atoms with Crippen molar-refractivity contribution in [2.75, 3.05) is 18.5 Å². The van der Waals surface area contributed by atoms with Crippen LogP contribution in [0, 0.1) is 11.3 Å². The molecular weight excluding hydrogens is 292 g/mol. The summed E-state index contributed by atoms with van der Waals surface area (Å²) in [5, 5.41) is 12.3. The van der Waals surface area contributed by atoms with Crippen LogP contribution in [0.25, 0.3) is 10.9 Å². The predicted molar refractivity (Wildman–Crippen MR) is 87.5 cm³/mol. The Labute approximate surface area is 132 Å². The van der Waals surface area contributed by atoms with E-state index in [4.69, 9.17) is 10.00 Å². The molecule has 0 bridgehead atoms. The summed E-state index contributed by atoms with van der Waals surface area (Å²) in [4.78, 5) is 19.0. The topological polar surface area (TPSA) is 90.8 Å². The van der Waals surface area contributed by atoms with Crippen LogP contribution < -0.4 is 15.6 Å². The van der Waals surface area contributed by atoms with Gasteiger partial charge in [0.1, 0.15) is 12.4 Å². The molecule has 2 N–H and O–H groups in total. The molecule has 0 aliphatic carbocycles. The van der Waals surface area contributed by atoms with Crippen LogP contribution >= 0.6 is 0 Å². The van der Waals surface area contributed by atoms with E-state index in [0.29, 0.717) is 41.3 Å². The number of nitrogens with one attached hydrogen (secondary N) is 2. The molecule has 0 aliphatic heterocycles. The summed E-state index contributed by atoms with van der Waals surface area (Å²) in [5.74, 6) is 1.10. The quantitative estimate of drug-likeness (QED) is 0.706. The van der Waals surface area contributed by atoms with Gasteiger partial charge in [0.05, 0.1) is 29.1 Å². The highest BCUT2D eigenvalue weighted by Crippen LogP contribution is 2.11. The van der Waals surface area contributed by atoms with Crippen LogP contribution in [-0.2, 0) is 0 Å². The van der Waals surface area contributed by atoms with Crippen LogP contribution in [0.5, 0.6) is 5.75 Å². The number of nitrogens with zero attached hydrogens (tertiary/aromatic N) is 2. The summed E-state index contributed by atoms with van der Waals surface area (Å²) in [7, 11) is 0. The second-order valence-corrected chi connectivity index (χ2v) is 4.84. The van der Waals surface area contributed by atoms with Gasteiger partial charge in [-0.25, -0.2) is 4.98 Å². The molecule has 0 atom stereocenters. The fourth-order valence-corrected chi connectivity index (χ4v) is 2.13. The van der Waals surface area contributed by atoms with Crippen LogP contribution in [0.2, 0.25) is 0 Å². The maximum Gasteiger partial charge on any atom is 0.260 e. The number of hydrogen-bond acceptors (Lipinski definition) is 5. The smallest absolute Gasteiger partial charge is 0.260 e. The zero-order valence-corrected chi connectivity index (χ0v) is 12.2. The second kappa shape index (κ2) is 6.62. The van der Waals surface area contributed by atoms with Crippen LogP contribution in [-0.4, -0.2) is 23.1 Å². The fourth-order valence-electron chi connectivity index (χ4n) is 2.13. The number of aromatic amines is 1. The molecule has 0 amide bonds. The molecule has 0 unspecified atom stereocenters. The maximum absolute atomic E-state index is 11.9. The molecule has 1 heterocycles. The average molecular weight is 306 g/mol. The Balaban J connectivity index is 1.58. The Hall–Kier alpha value is -3.33. The number of para-hydroxylation sites is 1. The van der Waals surface area contributed by atoms with Gasteiger partial charge in [0.15, 0.2) is 0 Å². The number of fused-ring (bicyclic) bond motifs is 1. The molecule has 6 nitrogen and oxygen atoms in total. The largest absolute Gasteiger partial charge is 0.492 e. The molecule has 23 heavy (non-hydrogen) atoms. The van der Waals surface area contributed by atoms with Gasteiger partial charge in [-0.3, -0.25) is 9.78 Å². The van der Waals surface area contributed by atoms with Crippen molar-refractivity contribution in [1.82, 2.24) is 9.97 Å². The number of H-pyrrole nitrogens is 1. The Morgan fingerprint density at radius 1 is 1.17 bits per heavy atom. The monoisotopic (exact) mass is 306 g/mol. The van der Waals surface area contributed by atoms with Crippen LogP contribution in [0.3, 0.4) is 0 Å². The van der Waals surface area contributed by atoms with Crippen LogP contribution in [0.1, 0.15) is 5.56 Å². The molecule has 3 aromatic rings. The average Bonchev–Trinajstić information content (AvgIpc) is 2.59. The van der Waals surface area contributed by atoms with Gasteiger partial charge in [-0.15, -0.1) is 0 Å². The second-order valence-electron chi connectivity index (χ2n) is 4.84. The highest BCUT2D eigenvalue weighted by Gasteiger charge is 2.02. The molecule has 1 aromatic heterocycles. The summed E-state index contributed by atoms with van der Waals surface area (Å²) in [6, 6.07) is 16.1. The van der Waals surface area contributed by atoms with E-state index in [0.717, 1.165) is 0 Å². The zero-order chi connectivity index (χ0) is 16.1. The summed E-state index contributed by atoms with van der Waals surface area (Å²) in [6.07, 6.45) is 0. The van der Waals surface area contributed by atoms with Gasteiger partial charge < -0.3 is 10.1 Å². The maximum atomic E-state index is 11.9. The van der Waals surface area contributed by atoms with Gasteiger partial charge in [0, 0.05) is 0 Å². The van der Waals surface area contributed by atoms with Crippen molar-refractivity contribution in [2.45, 2.75) is 0 Å². The molecule has 0 aliphatic rings.